The zero-order valence-electron chi connectivity index (χ0n) is 15.7. The first-order chi connectivity index (χ1) is 12.9. The van der Waals surface area contributed by atoms with Crippen LogP contribution >= 0.6 is 11.3 Å². The summed E-state index contributed by atoms with van der Waals surface area (Å²) in [5, 5.41) is 1.01. The normalized spacial score (nSPS) is 15.3. The molecule has 0 unspecified atom stereocenters. The van der Waals surface area contributed by atoms with Crippen LogP contribution in [0.4, 0.5) is 11.4 Å². The molecule has 0 spiro atoms. The van der Waals surface area contributed by atoms with Gasteiger partial charge >= 0.3 is 0 Å². The fourth-order valence-electron chi connectivity index (χ4n) is 3.66. The quantitative estimate of drug-likeness (QED) is 0.646. The van der Waals surface area contributed by atoms with E-state index in [1.807, 2.05) is 56.3 Å². The molecule has 0 saturated carbocycles. The smallest absolute Gasteiger partial charge is 0.271 e. The summed E-state index contributed by atoms with van der Waals surface area (Å²) in [7, 11) is -3.60. The second-order valence-electron chi connectivity index (χ2n) is 7.21. The second-order valence-corrected chi connectivity index (χ2v) is 10.1. The van der Waals surface area contributed by atoms with E-state index in [0.29, 0.717) is 9.90 Å². The number of nitrogens with zero attached hydrogens (tertiary/aromatic N) is 1. The fraction of sp³-hybridized carbons (Fsp3) is 0.333. The lowest BCUT2D eigenvalue weighted by Gasteiger charge is -2.28. The largest absolute Gasteiger partial charge is 0.372 e. The number of piperidine rings is 1. The third kappa shape index (κ3) is 3.69. The summed E-state index contributed by atoms with van der Waals surface area (Å²) in [5.74, 6) is 0. The first-order valence-electron chi connectivity index (χ1n) is 9.32. The topological polar surface area (TPSA) is 49.4 Å². The van der Waals surface area contributed by atoms with E-state index in [-0.39, 0.29) is 0 Å². The number of thiophene rings is 1. The number of nitrogens with one attached hydrogen (secondary N) is 1. The predicted molar refractivity (Wildman–Crippen MR) is 115 cm³/mol. The molecule has 1 aliphatic rings. The van der Waals surface area contributed by atoms with Crippen molar-refractivity contribution in [3.05, 3.63) is 53.6 Å². The van der Waals surface area contributed by atoms with Gasteiger partial charge in [0.2, 0.25) is 0 Å². The van der Waals surface area contributed by atoms with Crippen molar-refractivity contribution in [1.82, 2.24) is 0 Å². The van der Waals surface area contributed by atoms with Gasteiger partial charge in [-0.3, -0.25) is 4.72 Å². The molecule has 0 atom stereocenters. The van der Waals surface area contributed by atoms with E-state index in [4.69, 9.17) is 0 Å². The van der Waals surface area contributed by atoms with Crippen molar-refractivity contribution in [2.75, 3.05) is 22.7 Å². The van der Waals surface area contributed by atoms with Crippen molar-refractivity contribution in [3.8, 4) is 0 Å². The molecular weight excluding hydrogens is 376 g/mol. The van der Waals surface area contributed by atoms with Crippen molar-refractivity contribution < 1.29 is 8.42 Å². The first-order valence-corrected chi connectivity index (χ1v) is 11.6. The van der Waals surface area contributed by atoms with Crippen LogP contribution in [0.1, 0.15) is 30.4 Å². The summed E-state index contributed by atoms with van der Waals surface area (Å²) in [6.45, 7) is 6.05. The van der Waals surface area contributed by atoms with E-state index < -0.39 is 10.0 Å². The summed E-state index contributed by atoms with van der Waals surface area (Å²) in [6.07, 6.45) is 3.74. The highest BCUT2D eigenvalue weighted by molar-refractivity contribution is 7.94. The fourth-order valence-corrected chi connectivity index (χ4v) is 6.47. The van der Waals surface area contributed by atoms with Gasteiger partial charge in [-0.25, -0.2) is 8.42 Å². The molecule has 1 N–H and O–H groups in total. The molecule has 2 aromatic carbocycles. The van der Waals surface area contributed by atoms with Gasteiger partial charge in [-0.15, -0.1) is 11.3 Å². The monoisotopic (exact) mass is 400 g/mol. The number of aryl methyl sites for hydroxylation is 2. The van der Waals surface area contributed by atoms with E-state index in [1.165, 1.54) is 30.6 Å². The molecule has 3 aromatic rings. The van der Waals surface area contributed by atoms with Gasteiger partial charge in [-0.1, -0.05) is 17.7 Å². The van der Waals surface area contributed by atoms with Crippen molar-refractivity contribution in [3.63, 3.8) is 0 Å². The van der Waals surface area contributed by atoms with Crippen LogP contribution in [-0.4, -0.2) is 21.5 Å². The van der Waals surface area contributed by atoms with Gasteiger partial charge < -0.3 is 4.90 Å². The number of benzene rings is 2. The van der Waals surface area contributed by atoms with Gasteiger partial charge in [0.15, 0.2) is 0 Å². The highest BCUT2D eigenvalue weighted by atomic mass is 32.2. The molecule has 27 heavy (non-hydrogen) atoms. The standard InChI is InChI=1S/C21H24N2O2S2/c1-15-6-11-20-19(14-15)16(2)21(26-20)27(24,25)22-17-7-9-18(10-8-17)23-12-4-3-5-13-23/h6-11,14,22H,3-5,12-13H2,1-2H3. The van der Waals surface area contributed by atoms with Crippen LogP contribution in [0, 0.1) is 13.8 Å². The highest BCUT2D eigenvalue weighted by Gasteiger charge is 2.22. The van der Waals surface area contributed by atoms with Gasteiger partial charge in [0.1, 0.15) is 4.21 Å². The third-order valence-electron chi connectivity index (χ3n) is 5.13. The van der Waals surface area contributed by atoms with Crippen LogP contribution in [0.25, 0.3) is 10.1 Å². The molecular formula is C21H24N2O2S2. The lowest BCUT2D eigenvalue weighted by molar-refractivity contribution is 0.578. The summed E-state index contributed by atoms with van der Waals surface area (Å²) >= 11 is 1.33. The van der Waals surface area contributed by atoms with Crippen LogP contribution in [0.3, 0.4) is 0 Å². The lowest BCUT2D eigenvalue weighted by atomic mass is 10.1. The van der Waals surface area contributed by atoms with Gasteiger partial charge in [-0.2, -0.15) is 0 Å². The minimum Gasteiger partial charge on any atom is -0.372 e. The Morgan fingerprint density at radius 2 is 1.67 bits per heavy atom. The van der Waals surface area contributed by atoms with E-state index in [1.54, 1.807) is 0 Å². The molecule has 0 bridgehead atoms. The third-order valence-corrected chi connectivity index (χ3v) is 8.41. The molecule has 1 aromatic heterocycles. The van der Waals surface area contributed by atoms with Crippen LogP contribution in [-0.2, 0) is 10.0 Å². The maximum atomic E-state index is 13.0. The minimum atomic E-state index is -3.60. The summed E-state index contributed by atoms with van der Waals surface area (Å²) in [4.78, 5) is 2.36. The molecule has 2 heterocycles. The van der Waals surface area contributed by atoms with E-state index >= 15 is 0 Å². The SMILES string of the molecule is Cc1ccc2sc(S(=O)(=O)Nc3ccc(N4CCCCC4)cc3)c(C)c2c1. The molecule has 0 radical (unpaired) electrons. The average molecular weight is 401 g/mol. The summed E-state index contributed by atoms with van der Waals surface area (Å²) in [5.41, 5.74) is 3.71. The maximum absolute atomic E-state index is 13.0. The number of fused-ring (bicyclic) bond motifs is 1. The molecule has 1 saturated heterocycles. The number of anilines is 2. The van der Waals surface area contributed by atoms with Crippen molar-refractivity contribution in [2.24, 2.45) is 0 Å². The Kier molecular flexibility index (Phi) is 4.86. The number of sulfonamides is 1. The predicted octanol–water partition coefficient (Wildman–Crippen LogP) is 5.31. The van der Waals surface area contributed by atoms with Crippen molar-refractivity contribution in [2.45, 2.75) is 37.3 Å². The zero-order chi connectivity index (χ0) is 19.0. The summed E-state index contributed by atoms with van der Waals surface area (Å²) < 4.78 is 30.0. The zero-order valence-corrected chi connectivity index (χ0v) is 17.3. The van der Waals surface area contributed by atoms with Gasteiger partial charge in [0, 0.05) is 29.2 Å². The molecule has 4 rings (SSSR count). The minimum absolute atomic E-state index is 0.392. The molecule has 0 aliphatic carbocycles. The molecule has 142 valence electrons. The summed E-state index contributed by atoms with van der Waals surface area (Å²) in [6, 6.07) is 13.8. The van der Waals surface area contributed by atoms with Gasteiger partial charge in [-0.05, 0) is 74.4 Å². The van der Waals surface area contributed by atoms with Gasteiger partial charge in [0.05, 0.1) is 0 Å². The Balaban J connectivity index is 1.59. The van der Waals surface area contributed by atoms with Crippen molar-refractivity contribution in [1.29, 1.82) is 0 Å². The molecule has 1 aliphatic heterocycles. The molecule has 6 heteroatoms. The van der Waals surface area contributed by atoms with E-state index in [0.717, 1.165) is 40.0 Å². The van der Waals surface area contributed by atoms with Crippen LogP contribution in [0.15, 0.2) is 46.7 Å². The Hall–Kier alpha value is -2.05. The van der Waals surface area contributed by atoms with Gasteiger partial charge in [0.25, 0.3) is 10.0 Å². The van der Waals surface area contributed by atoms with Crippen LogP contribution < -0.4 is 9.62 Å². The average Bonchev–Trinajstić information content (AvgIpc) is 3.00. The van der Waals surface area contributed by atoms with E-state index in [2.05, 4.69) is 9.62 Å². The Morgan fingerprint density at radius 3 is 2.37 bits per heavy atom. The number of rotatable bonds is 4. The molecule has 0 amide bonds. The number of hydrogen-bond acceptors (Lipinski definition) is 4. The first kappa shape index (κ1) is 18.3. The lowest BCUT2D eigenvalue weighted by Crippen LogP contribution is -2.29. The highest BCUT2D eigenvalue weighted by Crippen LogP contribution is 2.35. The van der Waals surface area contributed by atoms with E-state index in [9.17, 15) is 8.42 Å². The Morgan fingerprint density at radius 1 is 0.963 bits per heavy atom. The molecule has 4 nitrogen and oxygen atoms in total. The Labute approximate surface area is 164 Å². The van der Waals surface area contributed by atoms with Crippen molar-refractivity contribution >= 4 is 42.8 Å². The van der Waals surface area contributed by atoms with Crippen LogP contribution in [0.2, 0.25) is 0 Å². The second kappa shape index (κ2) is 7.17. The Bertz CT molecular complexity index is 1060. The maximum Gasteiger partial charge on any atom is 0.271 e. The van der Waals surface area contributed by atoms with Crippen LogP contribution in [0.5, 0.6) is 0 Å². The molecule has 1 fully saturated rings. The number of hydrogen-bond donors (Lipinski definition) is 1.